The summed E-state index contributed by atoms with van der Waals surface area (Å²) in [6.07, 6.45) is 6.01. The molecule has 21 heavy (non-hydrogen) atoms. The third kappa shape index (κ3) is 3.28. The van der Waals surface area contributed by atoms with Crippen molar-refractivity contribution in [1.82, 2.24) is 39.9 Å². The van der Waals surface area contributed by atoms with Crippen LogP contribution in [-0.2, 0) is 45.5 Å². The Morgan fingerprint density at radius 1 is 0.762 bits per heavy atom. The van der Waals surface area contributed by atoms with E-state index in [2.05, 4.69) is 64.3 Å². The molecular formula is C10H8N8PtS2+2. The first-order valence-electron chi connectivity index (χ1n) is 5.42. The molecule has 0 aliphatic carbocycles. The number of hydrogen-bond donors (Lipinski definition) is 2. The van der Waals surface area contributed by atoms with Crippen LogP contribution in [0.5, 0.6) is 0 Å². The molecule has 0 amide bonds. The predicted molar refractivity (Wildman–Crippen MR) is 78.4 cm³/mol. The van der Waals surface area contributed by atoms with E-state index in [1.54, 1.807) is 12.7 Å². The second-order valence-corrected chi connectivity index (χ2v) is 4.49. The minimum absolute atomic E-state index is 0. The van der Waals surface area contributed by atoms with Gasteiger partial charge in [-0.3, -0.25) is 9.97 Å². The van der Waals surface area contributed by atoms with Gasteiger partial charge in [-0.15, -0.1) is 0 Å². The second-order valence-electron chi connectivity index (χ2n) is 3.59. The molecular weight excluding hydrogens is 491 g/mol. The average Bonchev–Trinajstić information content (AvgIpc) is 3.08. The molecule has 0 fully saturated rings. The molecule has 0 saturated heterocycles. The maximum Gasteiger partial charge on any atom is 2.00 e. The van der Waals surface area contributed by atoms with Crippen LogP contribution >= 0.6 is 0 Å². The summed E-state index contributed by atoms with van der Waals surface area (Å²) in [6, 6.07) is 0. The van der Waals surface area contributed by atoms with Gasteiger partial charge in [-0.2, -0.15) is 0 Å². The van der Waals surface area contributed by atoms with Gasteiger partial charge in [0.2, 0.25) is 0 Å². The second kappa shape index (κ2) is 6.79. The van der Waals surface area contributed by atoms with Gasteiger partial charge in [0.05, 0.1) is 35.0 Å². The van der Waals surface area contributed by atoms with E-state index in [9.17, 15) is 0 Å². The summed E-state index contributed by atoms with van der Waals surface area (Å²) in [5.41, 5.74) is 2.68. The van der Waals surface area contributed by atoms with Crippen LogP contribution in [-0.4, -0.2) is 29.9 Å². The van der Waals surface area contributed by atoms with Crippen molar-refractivity contribution in [3.63, 3.8) is 0 Å². The van der Waals surface area contributed by atoms with Gasteiger partial charge in [0.15, 0.2) is 24.4 Å². The van der Waals surface area contributed by atoms with E-state index >= 15 is 0 Å². The molecule has 4 aromatic rings. The number of fused-ring (bicyclic) bond motifs is 2. The van der Waals surface area contributed by atoms with Crippen LogP contribution in [0.4, 0.5) is 0 Å². The molecule has 4 rings (SSSR count). The number of imidazole rings is 2. The molecule has 0 bridgehead atoms. The standard InChI is InChI=1S/2C5H4N4S.Pt/c2*10-5-3-4(7-1-6-3)8-2-9-5;/h2*1-2H,(H2,6,7,8,9,10);/q;;+2. The molecule has 0 aliphatic heterocycles. The normalized spacial score (nSPS) is 9.90. The number of thiol groups is 2. The topological polar surface area (TPSA) is 111 Å². The van der Waals surface area contributed by atoms with Crippen molar-refractivity contribution < 1.29 is 21.1 Å². The molecule has 0 aromatic carbocycles. The van der Waals surface area contributed by atoms with Crippen LogP contribution in [0.2, 0.25) is 0 Å². The van der Waals surface area contributed by atoms with E-state index in [-0.39, 0.29) is 21.1 Å². The van der Waals surface area contributed by atoms with Gasteiger partial charge in [-0.25, -0.2) is 9.97 Å². The molecule has 2 N–H and O–H groups in total. The van der Waals surface area contributed by atoms with Crippen LogP contribution in [0, 0.1) is 9.28 Å². The summed E-state index contributed by atoms with van der Waals surface area (Å²) < 4.78 is 1.39. The summed E-state index contributed by atoms with van der Waals surface area (Å²) in [5, 5.41) is 0. The van der Waals surface area contributed by atoms with Crippen molar-refractivity contribution in [2.24, 2.45) is 0 Å². The molecule has 0 radical (unpaired) electrons. The van der Waals surface area contributed by atoms with Crippen molar-refractivity contribution in [3.8, 4) is 0 Å². The van der Waals surface area contributed by atoms with Crippen molar-refractivity contribution in [3.05, 3.63) is 34.6 Å². The van der Waals surface area contributed by atoms with Crippen LogP contribution in [0.1, 0.15) is 0 Å². The summed E-state index contributed by atoms with van der Waals surface area (Å²) in [7, 11) is 0. The molecule has 0 saturated carbocycles. The SMILES string of the molecule is [Pt+2].[SH+]=c1[nH]cnc2nc[n-]c12.[SH+]=c1[nH]cnc2nc[n-]c12. The van der Waals surface area contributed by atoms with Crippen molar-refractivity contribution in [2.75, 3.05) is 0 Å². The Kier molecular flexibility index (Phi) is 5.05. The maximum atomic E-state index is 4.12. The first-order chi connectivity index (χ1) is 9.75. The number of aromatic nitrogens is 8. The molecule has 108 valence electrons. The zero-order valence-corrected chi connectivity index (χ0v) is 14.3. The van der Waals surface area contributed by atoms with Gasteiger partial charge in [-0.1, -0.05) is 12.7 Å². The number of nitrogens with one attached hydrogen (secondary N) is 2. The van der Waals surface area contributed by atoms with Gasteiger partial charge in [0, 0.05) is 0 Å². The zero-order valence-electron chi connectivity index (χ0n) is 10.2. The molecule has 0 aliphatic rings. The molecule has 0 spiro atoms. The van der Waals surface area contributed by atoms with Crippen LogP contribution < -0.4 is 9.97 Å². The Morgan fingerprint density at radius 2 is 1.19 bits per heavy atom. The summed E-state index contributed by atoms with van der Waals surface area (Å²) >= 11 is 8.24. The number of rotatable bonds is 0. The summed E-state index contributed by atoms with van der Waals surface area (Å²) in [6.45, 7) is 0. The van der Waals surface area contributed by atoms with E-state index in [4.69, 9.17) is 0 Å². The Balaban J connectivity index is 0.000000147. The molecule has 0 atom stereocenters. The Hall–Kier alpha value is -1.77. The van der Waals surface area contributed by atoms with Crippen molar-refractivity contribution in [1.29, 1.82) is 0 Å². The fourth-order valence-corrected chi connectivity index (χ4v) is 1.92. The number of aromatic amines is 2. The fourth-order valence-electron chi connectivity index (χ4n) is 1.49. The number of nitrogens with zero attached hydrogens (tertiary/aromatic N) is 6. The van der Waals surface area contributed by atoms with Gasteiger partial charge in [-0.05, 0) is 0 Å². The third-order valence-electron chi connectivity index (χ3n) is 2.38. The molecule has 8 nitrogen and oxygen atoms in total. The predicted octanol–water partition coefficient (Wildman–Crippen LogP) is -0.550. The van der Waals surface area contributed by atoms with Crippen molar-refractivity contribution >= 4 is 46.8 Å². The van der Waals surface area contributed by atoms with E-state index in [1.807, 2.05) is 0 Å². The average molecular weight is 499 g/mol. The van der Waals surface area contributed by atoms with Gasteiger partial charge >= 0.3 is 21.1 Å². The van der Waals surface area contributed by atoms with Crippen molar-refractivity contribution in [2.45, 2.75) is 0 Å². The summed E-state index contributed by atoms with van der Waals surface area (Å²) in [5.74, 6) is 0. The Bertz CT molecular complexity index is 888. The van der Waals surface area contributed by atoms with Crippen LogP contribution in [0.3, 0.4) is 0 Å². The van der Waals surface area contributed by atoms with E-state index in [1.165, 1.54) is 12.7 Å². The Morgan fingerprint density at radius 3 is 1.57 bits per heavy atom. The molecule has 4 heterocycles. The quantitative estimate of drug-likeness (QED) is 0.191. The van der Waals surface area contributed by atoms with Crippen LogP contribution in [0.15, 0.2) is 25.3 Å². The number of H-pyrrole nitrogens is 2. The molecule has 11 heteroatoms. The van der Waals surface area contributed by atoms with E-state index in [0.29, 0.717) is 31.6 Å². The number of hydrogen-bond acceptors (Lipinski definition) is 4. The zero-order chi connectivity index (χ0) is 13.9. The van der Waals surface area contributed by atoms with E-state index in [0.717, 1.165) is 0 Å². The van der Waals surface area contributed by atoms with Crippen LogP contribution in [0.25, 0.3) is 22.3 Å². The van der Waals surface area contributed by atoms with Gasteiger partial charge < -0.3 is 19.9 Å². The minimum atomic E-state index is 0. The first kappa shape index (κ1) is 15.6. The first-order valence-corrected chi connectivity index (χ1v) is 6.31. The Labute approximate surface area is 142 Å². The monoisotopic (exact) mass is 499 g/mol. The van der Waals surface area contributed by atoms with E-state index < -0.39 is 0 Å². The smallest absolute Gasteiger partial charge is 0.436 e. The molecule has 0 unspecified atom stereocenters. The van der Waals surface area contributed by atoms with Gasteiger partial charge in [0.1, 0.15) is 0 Å². The largest absolute Gasteiger partial charge is 2.00 e. The maximum absolute atomic E-state index is 4.12. The fraction of sp³-hybridized carbons (Fsp3) is 0. The summed E-state index contributed by atoms with van der Waals surface area (Å²) in [4.78, 5) is 29.1. The molecule has 4 aromatic heterocycles. The third-order valence-corrected chi connectivity index (χ3v) is 3.06. The van der Waals surface area contributed by atoms with Gasteiger partial charge in [0.25, 0.3) is 9.28 Å². The minimum Gasteiger partial charge on any atom is -0.436 e.